The molecule has 2 aliphatic rings. The fourth-order valence-electron chi connectivity index (χ4n) is 8.99. The van der Waals surface area contributed by atoms with Crippen molar-refractivity contribution < 1.29 is 23.4 Å². The van der Waals surface area contributed by atoms with Gasteiger partial charge in [0.15, 0.2) is 0 Å². The SMILES string of the molecule is C=C[C@H]1[C@@H]2O[C@@H]2[C@H](C[Si](C)(C)c2ccccc2)[C@@H](OCc2ccc(OC)cc2)[C@H]1C(=O)[C@H](C=C)CCO[Si](c1ccccc1)(c1ccccc1)C(C)(C)C. The van der Waals surface area contributed by atoms with E-state index in [4.69, 9.17) is 18.6 Å². The van der Waals surface area contributed by atoms with Crippen LogP contribution in [0.25, 0.3) is 0 Å². The summed E-state index contributed by atoms with van der Waals surface area (Å²) >= 11 is 0. The molecule has 0 bridgehead atoms. The molecule has 0 N–H and O–H groups in total. The van der Waals surface area contributed by atoms with Crippen LogP contribution in [0.4, 0.5) is 0 Å². The molecular formula is C47H58O5Si2. The first-order valence-electron chi connectivity index (χ1n) is 19.4. The van der Waals surface area contributed by atoms with Crippen molar-refractivity contribution in [1.29, 1.82) is 0 Å². The summed E-state index contributed by atoms with van der Waals surface area (Å²) in [6, 6.07) is 41.1. The van der Waals surface area contributed by atoms with Crippen molar-refractivity contribution >= 4 is 37.7 Å². The minimum Gasteiger partial charge on any atom is -0.497 e. The second-order valence-corrected chi connectivity index (χ2v) is 25.7. The number of hydrogen-bond acceptors (Lipinski definition) is 5. The van der Waals surface area contributed by atoms with Gasteiger partial charge in [0, 0.05) is 24.4 Å². The summed E-state index contributed by atoms with van der Waals surface area (Å²) < 4.78 is 26.2. The van der Waals surface area contributed by atoms with Gasteiger partial charge in [0.25, 0.3) is 8.32 Å². The third kappa shape index (κ3) is 8.21. The maximum Gasteiger partial charge on any atom is 0.261 e. The Balaban J connectivity index is 1.30. The van der Waals surface area contributed by atoms with Crippen LogP contribution >= 0.6 is 0 Å². The van der Waals surface area contributed by atoms with Gasteiger partial charge in [-0.15, -0.1) is 13.2 Å². The van der Waals surface area contributed by atoms with Gasteiger partial charge in [-0.05, 0) is 45.6 Å². The van der Waals surface area contributed by atoms with Gasteiger partial charge >= 0.3 is 0 Å². The summed E-state index contributed by atoms with van der Waals surface area (Å²) in [6.45, 7) is 21.0. The van der Waals surface area contributed by atoms with Crippen LogP contribution in [0, 0.1) is 23.7 Å². The van der Waals surface area contributed by atoms with E-state index in [0.29, 0.717) is 19.6 Å². The lowest BCUT2D eigenvalue weighted by atomic mass is 9.68. The number of benzene rings is 4. The predicted octanol–water partition coefficient (Wildman–Crippen LogP) is 8.35. The molecule has 4 aromatic carbocycles. The van der Waals surface area contributed by atoms with Crippen molar-refractivity contribution in [1.82, 2.24) is 0 Å². The van der Waals surface area contributed by atoms with Gasteiger partial charge in [0.2, 0.25) is 0 Å². The molecule has 1 saturated carbocycles. The van der Waals surface area contributed by atoms with E-state index < -0.39 is 28.2 Å². The fraction of sp³-hybridized carbons (Fsp3) is 0.383. The quantitative estimate of drug-likeness (QED) is 0.0616. The van der Waals surface area contributed by atoms with Gasteiger partial charge in [-0.3, -0.25) is 4.79 Å². The van der Waals surface area contributed by atoms with Crippen molar-refractivity contribution in [3.8, 4) is 5.75 Å². The van der Waals surface area contributed by atoms with Gasteiger partial charge in [0.1, 0.15) is 11.5 Å². The Morgan fingerprint density at radius 3 is 1.87 bits per heavy atom. The molecular weight excluding hydrogens is 701 g/mol. The standard InChI is InChI=1S/C47H58O5Si2/c1-9-35(30-31-51-54(47(3,4)5,38-22-16-12-17-23-38)39-24-18-13-19-25-39)43(48)42-40(10-2)45-46(52-45)41(33-53(7,8)37-20-14-11-15-21-37)44(42)50-32-34-26-28-36(49-6)29-27-34/h9-29,35,40-42,44-46H,1-2,30-33H2,3-8H3/t35-,40-,41-,42-,44-,45+,46-/m1/s1. The molecule has 284 valence electrons. The fourth-order valence-corrected chi connectivity index (χ4v) is 16.5. The summed E-state index contributed by atoms with van der Waals surface area (Å²) in [7, 11) is -3.06. The third-order valence-electron chi connectivity index (χ3n) is 11.9. The average Bonchev–Trinajstić information content (AvgIpc) is 3.99. The highest BCUT2D eigenvalue weighted by Crippen LogP contribution is 2.52. The highest BCUT2D eigenvalue weighted by atomic mass is 28.4. The molecule has 6 rings (SSSR count). The minimum atomic E-state index is -2.78. The van der Waals surface area contributed by atoms with E-state index in [0.717, 1.165) is 17.4 Å². The molecule has 0 amide bonds. The first-order chi connectivity index (χ1) is 25.9. The lowest BCUT2D eigenvalue weighted by molar-refractivity contribution is -0.138. The number of Topliss-reactive ketones (excluding diaryl/α,β-unsaturated/α-hetero) is 1. The monoisotopic (exact) mass is 758 g/mol. The summed E-state index contributed by atoms with van der Waals surface area (Å²) in [5, 5.41) is 3.68. The number of hydrogen-bond donors (Lipinski definition) is 0. The summed E-state index contributed by atoms with van der Waals surface area (Å²) in [6.07, 6.45) is 3.95. The van der Waals surface area contributed by atoms with Gasteiger partial charge in [0.05, 0.1) is 46.0 Å². The second kappa shape index (κ2) is 16.9. The highest BCUT2D eigenvalue weighted by Gasteiger charge is 2.62. The zero-order valence-electron chi connectivity index (χ0n) is 32.9. The van der Waals surface area contributed by atoms with Crippen LogP contribution in [0.15, 0.2) is 141 Å². The van der Waals surface area contributed by atoms with Gasteiger partial charge in [-0.1, -0.05) is 154 Å². The van der Waals surface area contributed by atoms with Crippen molar-refractivity contribution in [2.24, 2.45) is 23.7 Å². The molecule has 0 spiro atoms. The molecule has 5 nitrogen and oxygen atoms in total. The van der Waals surface area contributed by atoms with Gasteiger partial charge in [-0.2, -0.15) is 0 Å². The molecule has 2 fully saturated rings. The van der Waals surface area contributed by atoms with Crippen molar-refractivity contribution in [2.75, 3.05) is 13.7 Å². The molecule has 1 heterocycles. The average molecular weight is 759 g/mol. The number of rotatable bonds is 17. The van der Waals surface area contributed by atoms with E-state index in [9.17, 15) is 0 Å². The van der Waals surface area contributed by atoms with Crippen LogP contribution in [0.1, 0.15) is 32.8 Å². The van der Waals surface area contributed by atoms with Crippen molar-refractivity contribution in [3.63, 3.8) is 0 Å². The van der Waals surface area contributed by atoms with Gasteiger partial charge < -0.3 is 18.6 Å². The van der Waals surface area contributed by atoms with E-state index in [2.05, 4.69) is 138 Å². The van der Waals surface area contributed by atoms with Crippen LogP contribution in [0.2, 0.25) is 24.2 Å². The van der Waals surface area contributed by atoms with E-state index in [1.165, 1.54) is 15.6 Å². The van der Waals surface area contributed by atoms with E-state index >= 15 is 4.79 Å². The summed E-state index contributed by atoms with van der Waals surface area (Å²) in [4.78, 5) is 15.1. The number of ether oxygens (including phenoxy) is 3. The Morgan fingerprint density at radius 2 is 1.37 bits per heavy atom. The zero-order chi connectivity index (χ0) is 38.5. The number of carbonyl (C=O) groups is 1. The molecule has 54 heavy (non-hydrogen) atoms. The molecule has 4 aromatic rings. The maximum atomic E-state index is 15.1. The van der Waals surface area contributed by atoms with Crippen molar-refractivity contribution in [2.45, 2.75) is 76.3 Å². The Morgan fingerprint density at radius 1 is 0.815 bits per heavy atom. The minimum absolute atomic E-state index is 0.0362. The topological polar surface area (TPSA) is 57.3 Å². The van der Waals surface area contributed by atoms with E-state index in [-0.39, 0.29) is 41.0 Å². The van der Waals surface area contributed by atoms with Crippen LogP contribution in [0.5, 0.6) is 5.75 Å². The number of ketones is 1. The second-order valence-electron chi connectivity index (χ2n) is 16.7. The van der Waals surface area contributed by atoms with Crippen LogP contribution in [0.3, 0.4) is 0 Å². The zero-order valence-corrected chi connectivity index (χ0v) is 34.9. The predicted molar refractivity (Wildman–Crippen MR) is 226 cm³/mol. The Bertz CT molecular complexity index is 1800. The van der Waals surface area contributed by atoms with Crippen LogP contribution < -0.4 is 20.3 Å². The highest BCUT2D eigenvalue weighted by molar-refractivity contribution is 6.99. The number of carbonyl (C=O) groups excluding carboxylic acids is 1. The molecule has 1 saturated heterocycles. The Kier molecular flexibility index (Phi) is 12.4. The maximum absolute atomic E-state index is 15.1. The molecule has 0 radical (unpaired) electrons. The number of methoxy groups -OCH3 is 1. The molecule has 1 aliphatic carbocycles. The number of epoxide rings is 1. The summed E-state index contributed by atoms with van der Waals surface area (Å²) in [5.74, 6) is 0.0103. The molecule has 1 aliphatic heterocycles. The smallest absolute Gasteiger partial charge is 0.261 e. The van der Waals surface area contributed by atoms with Crippen LogP contribution in [-0.2, 0) is 25.3 Å². The lowest BCUT2D eigenvalue weighted by Crippen LogP contribution is -2.66. The lowest BCUT2D eigenvalue weighted by Gasteiger charge is -2.43. The van der Waals surface area contributed by atoms with Crippen LogP contribution in [-0.4, -0.2) is 54.2 Å². The Labute approximate surface area is 325 Å². The Hall–Kier alpha value is -3.86. The molecule has 0 unspecified atom stereocenters. The largest absolute Gasteiger partial charge is 0.497 e. The summed E-state index contributed by atoms with van der Waals surface area (Å²) in [5.41, 5.74) is 1.04. The first-order valence-corrected chi connectivity index (χ1v) is 24.6. The molecule has 7 heteroatoms. The van der Waals surface area contributed by atoms with Crippen molar-refractivity contribution in [3.05, 3.63) is 146 Å². The molecule has 7 atom stereocenters. The third-order valence-corrected chi connectivity index (χ3v) is 20.3. The number of fused-ring (bicyclic) bond motifs is 1. The normalized spacial score (nSPS) is 23.1. The molecule has 0 aromatic heterocycles. The van der Waals surface area contributed by atoms with E-state index in [1.807, 2.05) is 36.4 Å². The number of allylic oxidation sites excluding steroid dienone is 1. The first kappa shape index (κ1) is 39.8. The van der Waals surface area contributed by atoms with E-state index in [1.54, 1.807) is 7.11 Å². The van der Waals surface area contributed by atoms with Gasteiger partial charge in [-0.25, -0.2) is 0 Å².